The van der Waals surface area contributed by atoms with Gasteiger partial charge in [0.25, 0.3) is 5.91 Å². The number of rotatable bonds is 5. The van der Waals surface area contributed by atoms with Crippen LogP contribution in [0.15, 0.2) is 22.7 Å². The first-order valence-electron chi connectivity index (χ1n) is 8.95. The van der Waals surface area contributed by atoms with E-state index in [2.05, 4.69) is 15.9 Å². The number of hydrogen-bond acceptors (Lipinski definition) is 4. The molecule has 1 heterocycles. The molecule has 1 aromatic carbocycles. The fourth-order valence-corrected chi connectivity index (χ4v) is 6.04. The van der Waals surface area contributed by atoms with Gasteiger partial charge in [-0.05, 0) is 53.4 Å². The molecule has 8 heteroatoms. The first kappa shape index (κ1) is 19.6. The van der Waals surface area contributed by atoms with Crippen LogP contribution in [0.2, 0.25) is 0 Å². The number of sulfone groups is 1. The van der Waals surface area contributed by atoms with Crippen LogP contribution in [0.5, 0.6) is 5.75 Å². The second-order valence-electron chi connectivity index (χ2n) is 7.01. The second-order valence-corrected chi connectivity index (χ2v) is 10.1. The SMILES string of the molecule is O=C(COc1ccc(F)cc1Br)N(C1CCCCC1)C1CCS(=O)(=O)C1. The zero-order chi connectivity index (χ0) is 18.7. The van der Waals surface area contributed by atoms with Gasteiger partial charge in [-0.2, -0.15) is 0 Å². The maximum atomic E-state index is 13.2. The van der Waals surface area contributed by atoms with Crippen molar-refractivity contribution in [3.63, 3.8) is 0 Å². The van der Waals surface area contributed by atoms with Gasteiger partial charge in [0.1, 0.15) is 11.6 Å². The van der Waals surface area contributed by atoms with E-state index in [4.69, 9.17) is 4.74 Å². The number of hydrogen-bond donors (Lipinski definition) is 0. The van der Waals surface area contributed by atoms with Crippen molar-refractivity contribution < 1.29 is 22.3 Å². The van der Waals surface area contributed by atoms with Crippen molar-refractivity contribution in [2.75, 3.05) is 18.1 Å². The highest BCUT2D eigenvalue weighted by Crippen LogP contribution is 2.29. The van der Waals surface area contributed by atoms with E-state index in [9.17, 15) is 17.6 Å². The van der Waals surface area contributed by atoms with E-state index in [0.717, 1.165) is 32.1 Å². The Labute approximate surface area is 161 Å². The molecule has 144 valence electrons. The Kier molecular flexibility index (Phi) is 6.22. The molecule has 0 bridgehead atoms. The predicted octanol–water partition coefficient (Wildman–Crippen LogP) is 3.32. The van der Waals surface area contributed by atoms with Crippen LogP contribution in [0.3, 0.4) is 0 Å². The topological polar surface area (TPSA) is 63.7 Å². The van der Waals surface area contributed by atoms with Gasteiger partial charge >= 0.3 is 0 Å². The molecular weight excluding hydrogens is 425 g/mol. The number of carbonyl (C=O) groups is 1. The van der Waals surface area contributed by atoms with Crippen LogP contribution >= 0.6 is 15.9 Å². The Morgan fingerprint density at radius 3 is 2.54 bits per heavy atom. The van der Waals surface area contributed by atoms with Crippen LogP contribution in [0.25, 0.3) is 0 Å². The normalized spacial score (nSPS) is 22.9. The number of halogens is 2. The highest BCUT2D eigenvalue weighted by molar-refractivity contribution is 9.10. The summed E-state index contributed by atoms with van der Waals surface area (Å²) in [5, 5.41) is 0. The number of ether oxygens (including phenoxy) is 1. The maximum absolute atomic E-state index is 13.2. The Hall–Kier alpha value is -1.15. The molecule has 3 rings (SSSR count). The molecule has 5 nitrogen and oxygen atoms in total. The summed E-state index contributed by atoms with van der Waals surface area (Å²) in [6, 6.07) is 3.83. The monoisotopic (exact) mass is 447 g/mol. The summed E-state index contributed by atoms with van der Waals surface area (Å²) in [4.78, 5) is 14.7. The number of carbonyl (C=O) groups excluding carboxylic acids is 1. The molecule has 0 spiro atoms. The van der Waals surface area contributed by atoms with E-state index in [0.29, 0.717) is 16.6 Å². The molecule has 26 heavy (non-hydrogen) atoms. The van der Waals surface area contributed by atoms with Crippen molar-refractivity contribution in [2.45, 2.75) is 50.6 Å². The van der Waals surface area contributed by atoms with Crippen LogP contribution in [0.1, 0.15) is 38.5 Å². The summed E-state index contributed by atoms with van der Waals surface area (Å²) in [6.07, 6.45) is 5.56. The lowest BCUT2D eigenvalue weighted by Crippen LogP contribution is -2.50. The minimum Gasteiger partial charge on any atom is -0.483 e. The lowest BCUT2D eigenvalue weighted by atomic mass is 9.93. The molecule has 1 aromatic rings. The molecule has 1 saturated heterocycles. The highest BCUT2D eigenvalue weighted by atomic mass is 79.9. The summed E-state index contributed by atoms with van der Waals surface area (Å²) in [7, 11) is -3.08. The first-order valence-corrected chi connectivity index (χ1v) is 11.6. The average Bonchev–Trinajstić information content (AvgIpc) is 2.95. The smallest absolute Gasteiger partial charge is 0.261 e. The number of amides is 1. The summed E-state index contributed by atoms with van der Waals surface area (Å²) in [5.41, 5.74) is 0. The van der Waals surface area contributed by atoms with Crippen molar-refractivity contribution in [2.24, 2.45) is 0 Å². The van der Waals surface area contributed by atoms with Gasteiger partial charge in [0.15, 0.2) is 16.4 Å². The van der Waals surface area contributed by atoms with E-state index in [1.807, 2.05) is 0 Å². The summed E-state index contributed by atoms with van der Waals surface area (Å²) in [5.74, 6) is -0.0262. The number of nitrogens with zero attached hydrogens (tertiary/aromatic N) is 1. The Balaban J connectivity index is 1.71. The third kappa shape index (κ3) is 4.76. The molecule has 1 aliphatic carbocycles. The average molecular weight is 448 g/mol. The molecule has 2 fully saturated rings. The molecule has 0 aromatic heterocycles. The quantitative estimate of drug-likeness (QED) is 0.694. The molecule has 1 saturated carbocycles. The van der Waals surface area contributed by atoms with Crippen molar-refractivity contribution in [3.8, 4) is 5.75 Å². The Bertz CT molecular complexity index is 764. The van der Waals surface area contributed by atoms with Crippen LogP contribution in [0, 0.1) is 5.82 Å². The standard InChI is InChI=1S/C18H23BrFNO4S/c19-16-10-13(20)6-7-17(16)25-11-18(22)21(14-4-2-1-3-5-14)15-8-9-26(23,24)12-15/h6-7,10,14-15H,1-5,8-9,11-12H2. The largest absolute Gasteiger partial charge is 0.483 e. The van der Waals surface area contributed by atoms with Crippen LogP contribution in [-0.2, 0) is 14.6 Å². The van der Waals surface area contributed by atoms with Crippen molar-refractivity contribution in [1.29, 1.82) is 0 Å². The summed E-state index contributed by atoms with van der Waals surface area (Å²) < 4.78 is 43.0. The van der Waals surface area contributed by atoms with Crippen molar-refractivity contribution in [3.05, 3.63) is 28.5 Å². The first-order chi connectivity index (χ1) is 12.4. The van der Waals surface area contributed by atoms with Crippen LogP contribution < -0.4 is 4.74 Å². The molecule has 1 unspecified atom stereocenters. The van der Waals surface area contributed by atoms with E-state index in [1.165, 1.54) is 18.2 Å². The molecule has 1 amide bonds. The van der Waals surface area contributed by atoms with E-state index in [1.54, 1.807) is 4.90 Å². The number of benzene rings is 1. The van der Waals surface area contributed by atoms with Crippen LogP contribution in [-0.4, -0.2) is 49.4 Å². The van der Waals surface area contributed by atoms with E-state index >= 15 is 0 Å². The minimum absolute atomic E-state index is 0.0372. The van der Waals surface area contributed by atoms with Crippen molar-refractivity contribution in [1.82, 2.24) is 4.90 Å². The highest BCUT2D eigenvalue weighted by Gasteiger charge is 2.38. The van der Waals surface area contributed by atoms with Crippen LogP contribution in [0.4, 0.5) is 4.39 Å². The third-order valence-corrected chi connectivity index (χ3v) is 7.47. The fraction of sp³-hybridized carbons (Fsp3) is 0.611. The Morgan fingerprint density at radius 2 is 1.92 bits per heavy atom. The lowest BCUT2D eigenvalue weighted by molar-refractivity contribution is -0.138. The predicted molar refractivity (Wildman–Crippen MR) is 100 cm³/mol. The molecular formula is C18H23BrFNO4S. The molecule has 2 aliphatic rings. The third-order valence-electron chi connectivity index (χ3n) is 5.10. The molecule has 1 aliphatic heterocycles. The van der Waals surface area contributed by atoms with Gasteiger partial charge < -0.3 is 9.64 Å². The molecule has 0 N–H and O–H groups in total. The van der Waals surface area contributed by atoms with Gasteiger partial charge in [-0.15, -0.1) is 0 Å². The lowest BCUT2D eigenvalue weighted by Gasteiger charge is -2.38. The van der Waals surface area contributed by atoms with E-state index in [-0.39, 0.29) is 36.1 Å². The van der Waals surface area contributed by atoms with Gasteiger partial charge in [0, 0.05) is 12.1 Å². The Morgan fingerprint density at radius 1 is 1.19 bits per heavy atom. The second kappa shape index (κ2) is 8.25. The fourth-order valence-electron chi connectivity index (χ4n) is 3.87. The molecule has 1 atom stereocenters. The zero-order valence-electron chi connectivity index (χ0n) is 14.5. The summed E-state index contributed by atoms with van der Waals surface area (Å²) in [6.45, 7) is -0.183. The zero-order valence-corrected chi connectivity index (χ0v) is 16.9. The molecule has 0 radical (unpaired) electrons. The maximum Gasteiger partial charge on any atom is 0.261 e. The minimum atomic E-state index is -3.08. The van der Waals surface area contributed by atoms with Gasteiger partial charge in [-0.25, -0.2) is 12.8 Å². The van der Waals surface area contributed by atoms with Gasteiger partial charge in [0.05, 0.1) is 16.0 Å². The summed E-state index contributed by atoms with van der Waals surface area (Å²) >= 11 is 3.22. The van der Waals surface area contributed by atoms with Gasteiger partial charge in [-0.1, -0.05) is 19.3 Å². The van der Waals surface area contributed by atoms with E-state index < -0.39 is 15.7 Å². The van der Waals surface area contributed by atoms with Crippen molar-refractivity contribution >= 4 is 31.7 Å². The van der Waals surface area contributed by atoms with Gasteiger partial charge in [-0.3, -0.25) is 4.79 Å². The van der Waals surface area contributed by atoms with Gasteiger partial charge in [0.2, 0.25) is 0 Å².